The second-order valence-electron chi connectivity index (χ2n) is 3.70. The number of hydrogen-bond donors (Lipinski definition) is 2. The van der Waals surface area contributed by atoms with Crippen LogP contribution >= 0.6 is 0 Å². The summed E-state index contributed by atoms with van der Waals surface area (Å²) in [6.45, 7) is 6.76. The van der Waals surface area contributed by atoms with E-state index in [0.717, 1.165) is 25.2 Å². The molecule has 1 fully saturated rings. The van der Waals surface area contributed by atoms with Crippen LogP contribution < -0.4 is 10.6 Å². The van der Waals surface area contributed by atoms with E-state index in [1.807, 2.05) is 0 Å². The Morgan fingerprint density at radius 2 is 1.83 bits per heavy atom. The minimum Gasteiger partial charge on any atom is -0.313 e. The molecule has 0 unspecified atom stereocenters. The van der Waals surface area contributed by atoms with E-state index < -0.39 is 0 Å². The van der Waals surface area contributed by atoms with Crippen molar-refractivity contribution >= 4 is 0 Å². The summed E-state index contributed by atoms with van der Waals surface area (Å²) < 4.78 is 0. The molecule has 0 aromatic rings. The van der Waals surface area contributed by atoms with Crippen molar-refractivity contribution in [3.05, 3.63) is 0 Å². The summed E-state index contributed by atoms with van der Waals surface area (Å²) in [6.07, 6.45) is 5.29. The molecule has 2 N–H and O–H groups in total. The summed E-state index contributed by atoms with van der Waals surface area (Å²) in [6, 6.07) is 1.58. The highest BCUT2D eigenvalue weighted by molar-refractivity contribution is 4.80. The molecule has 0 heterocycles. The van der Waals surface area contributed by atoms with E-state index in [1.165, 1.54) is 25.7 Å². The van der Waals surface area contributed by atoms with Crippen LogP contribution in [0.1, 0.15) is 39.5 Å². The Kier molecular flexibility index (Phi) is 4.62. The normalized spacial score (nSPS) is 17.2. The largest absolute Gasteiger partial charge is 0.313 e. The van der Waals surface area contributed by atoms with E-state index in [1.54, 1.807) is 0 Å². The zero-order chi connectivity index (χ0) is 8.81. The van der Waals surface area contributed by atoms with E-state index in [4.69, 9.17) is 0 Å². The van der Waals surface area contributed by atoms with Crippen molar-refractivity contribution in [2.75, 3.05) is 13.1 Å². The number of rotatable bonds is 7. The molecule has 0 aromatic heterocycles. The van der Waals surface area contributed by atoms with E-state index in [9.17, 15) is 0 Å². The molecule has 2 nitrogen and oxygen atoms in total. The van der Waals surface area contributed by atoms with Crippen molar-refractivity contribution in [1.29, 1.82) is 0 Å². The fourth-order valence-electron chi connectivity index (χ4n) is 1.42. The average molecular weight is 170 g/mol. The quantitative estimate of drug-likeness (QED) is 0.566. The molecule has 1 rings (SSSR count). The lowest BCUT2D eigenvalue weighted by Crippen LogP contribution is -2.34. The Bertz CT molecular complexity index is 106. The summed E-state index contributed by atoms with van der Waals surface area (Å²) in [5, 5.41) is 7.04. The van der Waals surface area contributed by atoms with Crippen molar-refractivity contribution in [1.82, 2.24) is 10.6 Å². The molecule has 0 bridgehead atoms. The molecule has 2 heteroatoms. The molecule has 1 aliphatic rings. The summed E-state index contributed by atoms with van der Waals surface area (Å²) >= 11 is 0. The number of hydrogen-bond acceptors (Lipinski definition) is 2. The van der Waals surface area contributed by atoms with Crippen LogP contribution in [0.3, 0.4) is 0 Å². The molecule has 12 heavy (non-hydrogen) atoms. The van der Waals surface area contributed by atoms with Gasteiger partial charge in [-0.15, -0.1) is 0 Å². The van der Waals surface area contributed by atoms with Gasteiger partial charge >= 0.3 is 0 Å². The van der Waals surface area contributed by atoms with Crippen LogP contribution in [0, 0.1) is 0 Å². The highest BCUT2D eigenvalue weighted by Crippen LogP contribution is 2.17. The number of nitrogens with one attached hydrogen (secondary N) is 2. The van der Waals surface area contributed by atoms with E-state index in [-0.39, 0.29) is 0 Å². The van der Waals surface area contributed by atoms with Gasteiger partial charge in [-0.2, -0.15) is 0 Å². The SMILES string of the molecule is CCC(CC)NCCNC1CC1. The lowest BCUT2D eigenvalue weighted by molar-refractivity contribution is 0.475. The minimum atomic E-state index is 0.728. The van der Waals surface area contributed by atoms with E-state index in [2.05, 4.69) is 24.5 Å². The smallest absolute Gasteiger partial charge is 0.00794 e. The molecule has 0 aromatic carbocycles. The van der Waals surface area contributed by atoms with Gasteiger partial charge in [0.2, 0.25) is 0 Å². The van der Waals surface area contributed by atoms with Gasteiger partial charge in [-0.05, 0) is 25.7 Å². The first-order chi connectivity index (χ1) is 5.86. The summed E-state index contributed by atoms with van der Waals surface area (Å²) in [5.41, 5.74) is 0. The van der Waals surface area contributed by atoms with Crippen LogP contribution in [0.4, 0.5) is 0 Å². The van der Waals surface area contributed by atoms with Crippen LogP contribution in [-0.2, 0) is 0 Å². The Morgan fingerprint density at radius 3 is 2.33 bits per heavy atom. The first-order valence-corrected chi connectivity index (χ1v) is 5.33. The predicted molar refractivity (Wildman–Crippen MR) is 53.4 cm³/mol. The van der Waals surface area contributed by atoms with Crippen molar-refractivity contribution in [2.45, 2.75) is 51.6 Å². The van der Waals surface area contributed by atoms with Crippen LogP contribution in [0.15, 0.2) is 0 Å². The third-order valence-corrected chi connectivity index (χ3v) is 2.55. The van der Waals surface area contributed by atoms with Gasteiger partial charge < -0.3 is 10.6 Å². The zero-order valence-corrected chi connectivity index (χ0v) is 8.40. The molecule has 1 aliphatic carbocycles. The molecule has 72 valence electrons. The highest BCUT2D eigenvalue weighted by atomic mass is 15.0. The van der Waals surface area contributed by atoms with Gasteiger partial charge in [-0.3, -0.25) is 0 Å². The van der Waals surface area contributed by atoms with Crippen molar-refractivity contribution < 1.29 is 0 Å². The van der Waals surface area contributed by atoms with Gasteiger partial charge in [0.25, 0.3) is 0 Å². The minimum absolute atomic E-state index is 0.728. The monoisotopic (exact) mass is 170 g/mol. The van der Waals surface area contributed by atoms with Gasteiger partial charge in [-0.1, -0.05) is 13.8 Å². The fourth-order valence-corrected chi connectivity index (χ4v) is 1.42. The van der Waals surface area contributed by atoms with Crippen LogP contribution in [0.2, 0.25) is 0 Å². The third-order valence-electron chi connectivity index (χ3n) is 2.55. The molecule has 0 saturated heterocycles. The topological polar surface area (TPSA) is 24.1 Å². The van der Waals surface area contributed by atoms with Gasteiger partial charge in [0, 0.05) is 25.2 Å². The van der Waals surface area contributed by atoms with E-state index in [0.29, 0.717) is 0 Å². The van der Waals surface area contributed by atoms with Crippen molar-refractivity contribution in [3.63, 3.8) is 0 Å². The van der Waals surface area contributed by atoms with Gasteiger partial charge in [0.05, 0.1) is 0 Å². The third kappa shape index (κ3) is 4.07. The Labute approximate surface area is 76.1 Å². The van der Waals surface area contributed by atoms with Crippen LogP contribution in [-0.4, -0.2) is 25.2 Å². The second kappa shape index (κ2) is 5.55. The zero-order valence-electron chi connectivity index (χ0n) is 8.40. The lowest BCUT2D eigenvalue weighted by atomic mass is 10.2. The average Bonchev–Trinajstić information content (AvgIpc) is 2.89. The molecule has 0 radical (unpaired) electrons. The van der Waals surface area contributed by atoms with Gasteiger partial charge in [0.15, 0.2) is 0 Å². The maximum atomic E-state index is 3.54. The standard InChI is InChI=1S/C10H22N2/c1-3-9(4-2)11-7-8-12-10-5-6-10/h9-12H,3-8H2,1-2H3. The summed E-state index contributed by atoms with van der Waals surface area (Å²) in [4.78, 5) is 0. The molecular formula is C10H22N2. The Morgan fingerprint density at radius 1 is 1.17 bits per heavy atom. The first-order valence-electron chi connectivity index (χ1n) is 5.33. The lowest BCUT2D eigenvalue weighted by Gasteiger charge is -2.14. The first kappa shape index (κ1) is 10.0. The maximum Gasteiger partial charge on any atom is 0.00794 e. The highest BCUT2D eigenvalue weighted by Gasteiger charge is 2.19. The summed E-state index contributed by atoms with van der Waals surface area (Å²) in [7, 11) is 0. The fraction of sp³-hybridized carbons (Fsp3) is 1.00. The second-order valence-corrected chi connectivity index (χ2v) is 3.70. The predicted octanol–water partition coefficient (Wildman–Crippen LogP) is 1.52. The maximum absolute atomic E-state index is 3.54. The molecule has 1 saturated carbocycles. The van der Waals surface area contributed by atoms with Crippen molar-refractivity contribution in [3.8, 4) is 0 Å². The van der Waals surface area contributed by atoms with E-state index >= 15 is 0 Å². The van der Waals surface area contributed by atoms with Gasteiger partial charge in [0.1, 0.15) is 0 Å². The van der Waals surface area contributed by atoms with Crippen LogP contribution in [0.5, 0.6) is 0 Å². The summed E-state index contributed by atoms with van der Waals surface area (Å²) in [5.74, 6) is 0. The van der Waals surface area contributed by atoms with Gasteiger partial charge in [-0.25, -0.2) is 0 Å². The molecular weight excluding hydrogens is 148 g/mol. The molecule has 0 amide bonds. The molecule has 0 atom stereocenters. The Balaban J connectivity index is 1.85. The van der Waals surface area contributed by atoms with Crippen molar-refractivity contribution in [2.24, 2.45) is 0 Å². The molecule has 0 spiro atoms. The van der Waals surface area contributed by atoms with Crippen LogP contribution in [0.25, 0.3) is 0 Å². The molecule has 0 aliphatic heterocycles. The Hall–Kier alpha value is -0.0800.